The Morgan fingerprint density at radius 2 is 2.06 bits per heavy atom. The second kappa shape index (κ2) is 7.28. The normalized spacial score (nSPS) is 38.3. The number of unbranched alkanes of at least 4 members (excludes halogenated alkanes) is 1. The van der Waals surface area contributed by atoms with Crippen molar-refractivity contribution in [2.45, 2.75) is 51.3 Å². The molecule has 0 aromatic heterocycles. The van der Waals surface area contributed by atoms with Gasteiger partial charge >= 0.3 is 0 Å². The van der Waals surface area contributed by atoms with Gasteiger partial charge in [0, 0.05) is 19.6 Å². The van der Waals surface area contributed by atoms with Crippen molar-refractivity contribution in [2.75, 3.05) is 20.3 Å². The minimum absolute atomic E-state index is 0.0605. The highest BCUT2D eigenvalue weighted by Gasteiger charge is 2.43. The van der Waals surface area contributed by atoms with E-state index in [1.807, 2.05) is 6.92 Å². The van der Waals surface area contributed by atoms with Gasteiger partial charge in [-0.05, 0) is 6.42 Å². The van der Waals surface area contributed by atoms with E-state index < -0.39 is 18.5 Å². The van der Waals surface area contributed by atoms with Crippen LogP contribution in [0.3, 0.4) is 0 Å². The zero-order chi connectivity index (χ0) is 12.8. The Morgan fingerprint density at radius 3 is 2.59 bits per heavy atom. The second-order valence-corrected chi connectivity index (χ2v) is 4.50. The molecule has 1 fully saturated rings. The molecule has 0 aliphatic carbocycles. The molecule has 17 heavy (non-hydrogen) atoms. The van der Waals surface area contributed by atoms with Gasteiger partial charge in [-0.25, -0.2) is 0 Å². The molecular weight excluding hydrogens is 224 g/mol. The van der Waals surface area contributed by atoms with E-state index in [0.29, 0.717) is 6.61 Å². The Hall–Kier alpha value is -0.200. The lowest BCUT2D eigenvalue weighted by Gasteiger charge is -2.42. The molecule has 1 aliphatic heterocycles. The summed E-state index contributed by atoms with van der Waals surface area (Å²) in [6.07, 6.45) is -0.233. The number of hydrogen-bond donors (Lipinski definition) is 2. The van der Waals surface area contributed by atoms with Crippen molar-refractivity contribution < 1.29 is 24.4 Å². The van der Waals surface area contributed by atoms with E-state index in [9.17, 15) is 5.11 Å². The highest BCUT2D eigenvalue weighted by molar-refractivity contribution is 4.88. The molecule has 1 aliphatic rings. The average molecular weight is 248 g/mol. The summed E-state index contributed by atoms with van der Waals surface area (Å²) in [6.45, 7) is 4.38. The van der Waals surface area contributed by atoms with Gasteiger partial charge in [0.1, 0.15) is 12.2 Å². The smallest absolute Gasteiger partial charge is 0.162 e. The number of methoxy groups -OCH3 is 1. The van der Waals surface area contributed by atoms with Crippen LogP contribution in [-0.2, 0) is 14.2 Å². The highest BCUT2D eigenvalue weighted by Crippen LogP contribution is 2.28. The molecule has 2 N–H and O–H groups in total. The number of aliphatic hydroxyl groups excluding tert-OH is 2. The average Bonchev–Trinajstić information content (AvgIpc) is 2.34. The zero-order valence-corrected chi connectivity index (χ0v) is 10.8. The summed E-state index contributed by atoms with van der Waals surface area (Å²) in [4.78, 5) is 0. The molecule has 5 heteroatoms. The maximum Gasteiger partial charge on any atom is 0.162 e. The first-order valence-corrected chi connectivity index (χ1v) is 6.24. The van der Waals surface area contributed by atoms with Gasteiger partial charge in [0.05, 0.1) is 12.7 Å². The fraction of sp³-hybridized carbons (Fsp3) is 1.00. The second-order valence-electron chi connectivity index (χ2n) is 4.50. The van der Waals surface area contributed by atoms with Gasteiger partial charge in [0.2, 0.25) is 0 Å². The molecule has 2 unspecified atom stereocenters. The number of ether oxygens (including phenoxy) is 3. The molecule has 1 rings (SSSR count). The molecule has 1 saturated heterocycles. The lowest BCUT2D eigenvalue weighted by Crippen LogP contribution is -2.56. The van der Waals surface area contributed by atoms with Gasteiger partial charge in [-0.15, -0.1) is 0 Å². The van der Waals surface area contributed by atoms with E-state index in [0.717, 1.165) is 12.8 Å². The highest BCUT2D eigenvalue weighted by atomic mass is 16.7. The largest absolute Gasteiger partial charge is 0.394 e. The molecule has 0 radical (unpaired) electrons. The molecule has 5 atom stereocenters. The van der Waals surface area contributed by atoms with Crippen LogP contribution in [0.1, 0.15) is 26.7 Å². The van der Waals surface area contributed by atoms with Crippen LogP contribution in [0.2, 0.25) is 0 Å². The molecule has 102 valence electrons. The van der Waals surface area contributed by atoms with Crippen LogP contribution >= 0.6 is 0 Å². The van der Waals surface area contributed by atoms with E-state index in [1.165, 1.54) is 0 Å². The minimum Gasteiger partial charge on any atom is -0.394 e. The first-order chi connectivity index (χ1) is 8.15. The molecule has 0 amide bonds. The van der Waals surface area contributed by atoms with Crippen LogP contribution in [0.25, 0.3) is 0 Å². The minimum atomic E-state index is -0.807. The van der Waals surface area contributed by atoms with E-state index in [2.05, 4.69) is 6.92 Å². The Kier molecular flexibility index (Phi) is 6.37. The van der Waals surface area contributed by atoms with Crippen molar-refractivity contribution in [3.05, 3.63) is 0 Å². The number of aliphatic hydroxyl groups is 2. The molecule has 1 heterocycles. The van der Waals surface area contributed by atoms with Crippen molar-refractivity contribution in [1.82, 2.24) is 0 Å². The third kappa shape index (κ3) is 3.63. The van der Waals surface area contributed by atoms with E-state index in [4.69, 9.17) is 19.3 Å². The molecule has 0 spiro atoms. The molecule has 5 nitrogen and oxygen atoms in total. The monoisotopic (exact) mass is 248 g/mol. The van der Waals surface area contributed by atoms with Gasteiger partial charge in [-0.3, -0.25) is 0 Å². The molecular formula is C12H24O5. The van der Waals surface area contributed by atoms with Crippen LogP contribution in [0.15, 0.2) is 0 Å². The van der Waals surface area contributed by atoms with Gasteiger partial charge < -0.3 is 24.4 Å². The van der Waals surface area contributed by atoms with E-state index in [-0.39, 0.29) is 18.6 Å². The molecule has 0 bridgehead atoms. The summed E-state index contributed by atoms with van der Waals surface area (Å²) in [5.74, 6) is -0.0605. The van der Waals surface area contributed by atoms with Crippen LogP contribution in [0.4, 0.5) is 0 Å². The van der Waals surface area contributed by atoms with Crippen LogP contribution in [-0.4, -0.2) is 55.1 Å². The summed E-state index contributed by atoms with van der Waals surface area (Å²) in [7, 11) is 1.55. The maximum absolute atomic E-state index is 10.0. The maximum atomic E-state index is 10.0. The summed E-state index contributed by atoms with van der Waals surface area (Å²) >= 11 is 0. The third-order valence-electron chi connectivity index (χ3n) is 3.19. The van der Waals surface area contributed by atoms with Gasteiger partial charge in [-0.2, -0.15) is 0 Å². The van der Waals surface area contributed by atoms with Crippen molar-refractivity contribution in [1.29, 1.82) is 0 Å². The van der Waals surface area contributed by atoms with E-state index in [1.54, 1.807) is 7.11 Å². The van der Waals surface area contributed by atoms with Gasteiger partial charge in [0.25, 0.3) is 0 Å². The van der Waals surface area contributed by atoms with Crippen molar-refractivity contribution in [2.24, 2.45) is 5.92 Å². The van der Waals surface area contributed by atoms with E-state index >= 15 is 0 Å². The predicted molar refractivity (Wildman–Crippen MR) is 62.6 cm³/mol. The molecule has 0 aromatic carbocycles. The third-order valence-corrected chi connectivity index (χ3v) is 3.19. The topological polar surface area (TPSA) is 68.2 Å². The standard InChI is InChI=1S/C12H24O5/c1-4-5-6-16-11-8(2)12(15-3)17-9(7-13)10(11)14/h8-14H,4-7H2,1-3H3/t8?,9?,10-,11+,12+/m0/s1. The fourth-order valence-corrected chi connectivity index (χ4v) is 2.09. The number of hydrogen-bond acceptors (Lipinski definition) is 5. The Morgan fingerprint density at radius 1 is 1.35 bits per heavy atom. The van der Waals surface area contributed by atoms with Crippen LogP contribution in [0.5, 0.6) is 0 Å². The quantitative estimate of drug-likeness (QED) is 0.671. The van der Waals surface area contributed by atoms with Crippen LogP contribution < -0.4 is 0 Å². The lowest BCUT2D eigenvalue weighted by atomic mass is 9.92. The first kappa shape index (κ1) is 14.9. The Balaban J connectivity index is 2.61. The fourth-order valence-electron chi connectivity index (χ4n) is 2.09. The predicted octanol–water partition coefficient (Wildman–Crippen LogP) is 0.532. The summed E-state index contributed by atoms with van der Waals surface area (Å²) < 4.78 is 16.3. The number of rotatable bonds is 6. The summed E-state index contributed by atoms with van der Waals surface area (Å²) in [6, 6.07) is 0. The zero-order valence-electron chi connectivity index (χ0n) is 10.8. The van der Waals surface area contributed by atoms with Crippen LogP contribution in [0, 0.1) is 5.92 Å². The lowest BCUT2D eigenvalue weighted by molar-refractivity contribution is -0.282. The Bertz CT molecular complexity index is 195. The van der Waals surface area contributed by atoms with Crippen molar-refractivity contribution in [3.63, 3.8) is 0 Å². The first-order valence-electron chi connectivity index (χ1n) is 6.24. The SMILES string of the molecule is CCCCO[C@@H]1C(C)[C@H](OC)OC(CO)[C@@H]1O. The van der Waals surface area contributed by atoms with Gasteiger partial charge in [0.15, 0.2) is 6.29 Å². The summed E-state index contributed by atoms with van der Waals surface area (Å²) in [5.41, 5.74) is 0. The molecule has 0 saturated carbocycles. The Labute approximate surface area is 103 Å². The van der Waals surface area contributed by atoms with Crippen molar-refractivity contribution in [3.8, 4) is 0 Å². The van der Waals surface area contributed by atoms with Gasteiger partial charge in [-0.1, -0.05) is 20.3 Å². The molecule has 0 aromatic rings. The van der Waals surface area contributed by atoms with Crippen molar-refractivity contribution >= 4 is 0 Å². The summed E-state index contributed by atoms with van der Waals surface area (Å²) in [5, 5.41) is 19.2.